The second-order valence-electron chi connectivity index (χ2n) is 11.1. The Balaban J connectivity index is 1.69. The number of aryl methyl sites for hydroxylation is 1. The number of nitrogens with two attached hydrogens (primary N) is 1. The monoisotopic (exact) mass is 543 g/mol. The second-order valence-corrected chi connectivity index (χ2v) is 12.0. The summed E-state index contributed by atoms with van der Waals surface area (Å²) in [5, 5.41) is 16.3. The topological polar surface area (TPSA) is 138 Å². The minimum Gasteiger partial charge on any atom is -0.391 e. The highest BCUT2D eigenvalue weighted by Gasteiger charge is 2.44. The predicted molar refractivity (Wildman–Crippen MR) is 149 cm³/mol. The van der Waals surface area contributed by atoms with Crippen LogP contribution < -0.4 is 16.4 Å². The van der Waals surface area contributed by atoms with Gasteiger partial charge in [-0.05, 0) is 49.8 Å². The van der Waals surface area contributed by atoms with Crippen LogP contribution in [0.2, 0.25) is 0 Å². The summed E-state index contributed by atoms with van der Waals surface area (Å²) >= 11 is 1.59. The highest BCUT2D eigenvalue weighted by molar-refractivity contribution is 7.13. The number of likely N-dealkylation sites (tertiary alicyclic amines) is 1. The predicted octanol–water partition coefficient (Wildman–Crippen LogP) is 2.92. The van der Waals surface area contributed by atoms with Gasteiger partial charge >= 0.3 is 0 Å². The molecule has 3 rings (SSSR count). The molecule has 38 heavy (non-hydrogen) atoms. The Bertz CT molecular complexity index is 1110. The summed E-state index contributed by atoms with van der Waals surface area (Å²) in [6.07, 6.45) is 0.988. The molecule has 0 aliphatic carbocycles. The first-order valence-corrected chi connectivity index (χ1v) is 14.1. The van der Waals surface area contributed by atoms with Crippen molar-refractivity contribution in [2.45, 2.75) is 84.5 Å². The molecule has 2 heterocycles. The first kappa shape index (κ1) is 29.7. The summed E-state index contributed by atoms with van der Waals surface area (Å²) in [6, 6.07) is 6.03. The molecule has 3 amide bonds. The van der Waals surface area contributed by atoms with Gasteiger partial charge < -0.3 is 26.4 Å². The van der Waals surface area contributed by atoms with Crippen LogP contribution >= 0.6 is 11.3 Å². The summed E-state index contributed by atoms with van der Waals surface area (Å²) in [4.78, 5) is 46.4. The minimum atomic E-state index is -0.825. The first-order valence-electron chi connectivity index (χ1n) is 13.2. The number of β-amino-alcohol motifs (C(OH)–C–C–N with tert-alkyl or cyclic N) is 1. The van der Waals surface area contributed by atoms with Gasteiger partial charge in [0.15, 0.2) is 0 Å². The van der Waals surface area contributed by atoms with Crippen molar-refractivity contribution in [3.63, 3.8) is 0 Å². The number of amides is 3. The van der Waals surface area contributed by atoms with Gasteiger partial charge in [0.2, 0.25) is 17.7 Å². The van der Waals surface area contributed by atoms with Gasteiger partial charge in [-0.3, -0.25) is 14.4 Å². The zero-order valence-electron chi connectivity index (χ0n) is 23.0. The van der Waals surface area contributed by atoms with Crippen molar-refractivity contribution >= 4 is 29.1 Å². The number of rotatable bonds is 10. The van der Waals surface area contributed by atoms with E-state index in [1.165, 1.54) is 4.90 Å². The van der Waals surface area contributed by atoms with Crippen LogP contribution in [-0.4, -0.2) is 64.0 Å². The average Bonchev–Trinajstić information content (AvgIpc) is 3.47. The molecule has 1 aromatic carbocycles. The molecular formula is C28H41N5O4S. The summed E-state index contributed by atoms with van der Waals surface area (Å²) < 4.78 is 0. The van der Waals surface area contributed by atoms with Crippen LogP contribution in [0.15, 0.2) is 29.8 Å². The van der Waals surface area contributed by atoms with Crippen molar-refractivity contribution in [1.82, 2.24) is 20.5 Å². The van der Waals surface area contributed by atoms with Crippen molar-refractivity contribution in [2.24, 2.45) is 11.1 Å². The third kappa shape index (κ3) is 7.39. The van der Waals surface area contributed by atoms with Gasteiger partial charge in [-0.15, -0.1) is 11.3 Å². The lowest BCUT2D eigenvalue weighted by Gasteiger charge is -2.35. The summed E-state index contributed by atoms with van der Waals surface area (Å²) in [6.45, 7) is 10.0. The van der Waals surface area contributed by atoms with Gasteiger partial charge in [0.05, 0.1) is 28.2 Å². The average molecular weight is 544 g/mol. The van der Waals surface area contributed by atoms with E-state index in [9.17, 15) is 19.5 Å². The number of benzene rings is 1. The number of carbonyl (C=O) groups is 3. The Kier molecular flexibility index (Phi) is 10.0. The fraction of sp³-hybridized carbons (Fsp3) is 0.571. The van der Waals surface area contributed by atoms with E-state index in [-0.39, 0.29) is 43.1 Å². The van der Waals surface area contributed by atoms with Crippen LogP contribution in [0.25, 0.3) is 10.4 Å². The lowest BCUT2D eigenvalue weighted by molar-refractivity contribution is -0.144. The van der Waals surface area contributed by atoms with Crippen molar-refractivity contribution < 1.29 is 19.5 Å². The van der Waals surface area contributed by atoms with Crippen LogP contribution in [-0.2, 0) is 14.4 Å². The normalized spacial score (nSPS) is 19.2. The number of carbonyl (C=O) groups excluding carboxylic acids is 3. The largest absolute Gasteiger partial charge is 0.391 e. The molecule has 0 saturated carbocycles. The molecule has 1 aromatic heterocycles. The number of aliphatic hydroxyl groups is 1. The molecule has 1 fully saturated rings. The second kappa shape index (κ2) is 12.8. The molecule has 4 atom stereocenters. The smallest absolute Gasteiger partial charge is 0.246 e. The molecule has 208 valence electrons. The Morgan fingerprint density at radius 1 is 1.18 bits per heavy atom. The van der Waals surface area contributed by atoms with Crippen LogP contribution in [0.4, 0.5) is 0 Å². The summed E-state index contributed by atoms with van der Waals surface area (Å²) in [5.74, 6) is -0.914. The Morgan fingerprint density at radius 2 is 1.87 bits per heavy atom. The SMILES string of the molecule is Cc1ncsc1-c1ccc([C@H](C)NC(=O)[C@@H]2C[C@@H](O)CN2C(=O)C(NC(=O)CCCCN)C(C)(C)C)cc1. The van der Waals surface area contributed by atoms with E-state index >= 15 is 0 Å². The molecule has 1 unspecified atom stereocenters. The highest BCUT2D eigenvalue weighted by atomic mass is 32.1. The van der Waals surface area contributed by atoms with Gasteiger partial charge in [-0.2, -0.15) is 0 Å². The molecule has 10 heteroatoms. The Morgan fingerprint density at radius 3 is 2.45 bits per heavy atom. The number of hydrogen-bond donors (Lipinski definition) is 4. The first-order chi connectivity index (χ1) is 17.9. The van der Waals surface area contributed by atoms with E-state index in [4.69, 9.17) is 5.73 Å². The maximum atomic E-state index is 13.6. The van der Waals surface area contributed by atoms with Gasteiger partial charge in [0.25, 0.3) is 0 Å². The standard InChI is InChI=1S/C28H41N5O4S/c1-17(19-9-11-20(12-10-19)24-18(2)30-16-38-24)31-26(36)22-14-21(34)15-33(22)27(37)25(28(3,4)5)32-23(35)8-6-7-13-29/h9-12,16-17,21-22,25,34H,6-8,13-15,29H2,1-5H3,(H,31,36)(H,32,35)/t17-,21+,22-,25?/m0/s1. The quantitative estimate of drug-likeness (QED) is 0.340. The number of aliphatic hydroxyl groups excluding tert-OH is 1. The Hall–Kier alpha value is -2.82. The van der Waals surface area contributed by atoms with Gasteiger partial charge in [-0.25, -0.2) is 4.98 Å². The van der Waals surface area contributed by atoms with E-state index in [1.807, 2.05) is 64.4 Å². The van der Waals surface area contributed by atoms with Crippen LogP contribution in [0.3, 0.4) is 0 Å². The summed E-state index contributed by atoms with van der Waals surface area (Å²) in [5.41, 5.74) is 9.74. The van der Waals surface area contributed by atoms with Crippen LogP contribution in [0.1, 0.15) is 70.7 Å². The lowest BCUT2D eigenvalue weighted by Crippen LogP contribution is -2.57. The third-order valence-electron chi connectivity index (χ3n) is 6.92. The van der Waals surface area contributed by atoms with Crippen molar-refractivity contribution in [1.29, 1.82) is 0 Å². The molecule has 2 aromatic rings. The molecular weight excluding hydrogens is 502 g/mol. The fourth-order valence-electron chi connectivity index (χ4n) is 4.68. The molecule has 1 aliphatic heterocycles. The van der Waals surface area contributed by atoms with E-state index in [0.717, 1.165) is 28.1 Å². The van der Waals surface area contributed by atoms with E-state index in [1.54, 1.807) is 11.3 Å². The minimum absolute atomic E-state index is 0.0455. The summed E-state index contributed by atoms with van der Waals surface area (Å²) in [7, 11) is 0. The number of nitrogens with one attached hydrogen (secondary N) is 2. The number of nitrogens with zero attached hydrogens (tertiary/aromatic N) is 2. The van der Waals surface area contributed by atoms with Crippen molar-refractivity contribution in [3.05, 3.63) is 41.0 Å². The zero-order valence-corrected chi connectivity index (χ0v) is 23.8. The van der Waals surface area contributed by atoms with E-state index < -0.39 is 23.6 Å². The van der Waals surface area contributed by atoms with Crippen LogP contribution in [0, 0.1) is 12.3 Å². The van der Waals surface area contributed by atoms with Gasteiger partial charge in [-0.1, -0.05) is 45.0 Å². The molecule has 1 saturated heterocycles. The number of thiazole rings is 1. The number of unbranched alkanes of at least 4 members (excludes halogenated alkanes) is 1. The Labute approximate surface area is 229 Å². The number of hydrogen-bond acceptors (Lipinski definition) is 7. The van der Waals surface area contributed by atoms with Gasteiger partial charge in [0, 0.05) is 19.4 Å². The molecule has 1 aliphatic rings. The van der Waals surface area contributed by atoms with Gasteiger partial charge in [0.1, 0.15) is 12.1 Å². The highest BCUT2D eigenvalue weighted by Crippen LogP contribution is 2.29. The van der Waals surface area contributed by atoms with E-state index in [2.05, 4.69) is 15.6 Å². The van der Waals surface area contributed by atoms with Crippen LogP contribution in [0.5, 0.6) is 0 Å². The lowest BCUT2D eigenvalue weighted by atomic mass is 9.85. The van der Waals surface area contributed by atoms with E-state index in [0.29, 0.717) is 13.0 Å². The number of aromatic nitrogens is 1. The maximum absolute atomic E-state index is 13.6. The molecule has 0 bridgehead atoms. The molecule has 9 nitrogen and oxygen atoms in total. The third-order valence-corrected chi connectivity index (χ3v) is 7.90. The molecule has 5 N–H and O–H groups in total. The fourth-order valence-corrected chi connectivity index (χ4v) is 5.49. The van der Waals surface area contributed by atoms with Crippen molar-refractivity contribution in [2.75, 3.05) is 13.1 Å². The molecule has 0 spiro atoms. The maximum Gasteiger partial charge on any atom is 0.246 e. The zero-order chi connectivity index (χ0) is 28.0. The molecule has 0 radical (unpaired) electrons. The van der Waals surface area contributed by atoms with Crippen molar-refractivity contribution in [3.8, 4) is 10.4 Å².